The second-order valence-corrected chi connectivity index (χ2v) is 4.93. The molecule has 3 rings (SSSR count). The van der Waals surface area contributed by atoms with Gasteiger partial charge in [-0.1, -0.05) is 36.8 Å². The van der Waals surface area contributed by atoms with Crippen LogP contribution in [0.4, 0.5) is 0 Å². The first kappa shape index (κ1) is 11.5. The Morgan fingerprint density at radius 2 is 2.11 bits per heavy atom. The predicted octanol–water partition coefficient (Wildman–Crippen LogP) is 3.14. The third-order valence-corrected chi connectivity index (χ3v) is 3.71. The van der Waals surface area contributed by atoms with Crippen LogP contribution in [0.25, 0.3) is 0 Å². The Morgan fingerprint density at radius 1 is 1.22 bits per heavy atom. The van der Waals surface area contributed by atoms with Crippen LogP contribution in [0.2, 0.25) is 0 Å². The van der Waals surface area contributed by atoms with Gasteiger partial charge in [0.1, 0.15) is 5.82 Å². The first-order chi connectivity index (χ1) is 8.93. The third-order valence-electron chi connectivity index (χ3n) is 3.71. The van der Waals surface area contributed by atoms with Gasteiger partial charge in [0.05, 0.1) is 6.54 Å². The highest BCUT2D eigenvalue weighted by Crippen LogP contribution is 2.31. The first-order valence-corrected chi connectivity index (χ1v) is 6.71. The lowest BCUT2D eigenvalue weighted by Crippen LogP contribution is -2.33. The molecule has 0 spiro atoms. The van der Waals surface area contributed by atoms with Crippen molar-refractivity contribution >= 4 is 0 Å². The van der Waals surface area contributed by atoms with Crippen molar-refractivity contribution < 1.29 is 0 Å². The van der Waals surface area contributed by atoms with Crippen LogP contribution >= 0.6 is 0 Å². The first-order valence-electron chi connectivity index (χ1n) is 6.71. The number of aromatic amines is 1. The Labute approximate surface area is 108 Å². The highest BCUT2D eigenvalue weighted by Gasteiger charge is 2.24. The van der Waals surface area contributed by atoms with Gasteiger partial charge in [-0.2, -0.15) is 0 Å². The van der Waals surface area contributed by atoms with Gasteiger partial charge in [0, 0.05) is 18.4 Å². The number of nitrogens with one attached hydrogen (secondary N) is 1. The van der Waals surface area contributed by atoms with E-state index in [0.717, 1.165) is 12.4 Å². The van der Waals surface area contributed by atoms with Gasteiger partial charge in [0.2, 0.25) is 0 Å². The van der Waals surface area contributed by atoms with E-state index in [-0.39, 0.29) is 0 Å². The zero-order chi connectivity index (χ0) is 12.2. The molecule has 0 radical (unpaired) electrons. The molecule has 1 aliphatic heterocycles. The van der Waals surface area contributed by atoms with Gasteiger partial charge in [-0.25, -0.2) is 4.98 Å². The molecule has 1 atom stereocenters. The maximum absolute atomic E-state index is 4.34. The molecule has 18 heavy (non-hydrogen) atoms. The largest absolute Gasteiger partial charge is 0.348 e. The normalized spacial score (nSPS) is 21.0. The van der Waals surface area contributed by atoms with Gasteiger partial charge in [0.25, 0.3) is 0 Å². The molecule has 1 aromatic heterocycles. The number of H-pyrrole nitrogens is 1. The lowest BCUT2D eigenvalue weighted by atomic mass is 9.95. The van der Waals surface area contributed by atoms with Crippen LogP contribution in [-0.2, 0) is 6.54 Å². The summed E-state index contributed by atoms with van der Waals surface area (Å²) in [6.07, 6.45) is 7.61. The molecule has 2 heterocycles. The number of imidazole rings is 1. The van der Waals surface area contributed by atoms with E-state index in [0.29, 0.717) is 6.04 Å². The maximum atomic E-state index is 4.34. The van der Waals surface area contributed by atoms with E-state index in [1.54, 1.807) is 0 Å². The molecular formula is C15H19N3. The number of benzene rings is 1. The zero-order valence-electron chi connectivity index (χ0n) is 10.5. The molecule has 94 valence electrons. The summed E-state index contributed by atoms with van der Waals surface area (Å²) in [5.41, 5.74) is 1.43. The summed E-state index contributed by atoms with van der Waals surface area (Å²) in [6, 6.07) is 11.4. The van der Waals surface area contributed by atoms with Crippen LogP contribution in [0.1, 0.15) is 36.7 Å². The van der Waals surface area contributed by atoms with Crippen molar-refractivity contribution in [1.82, 2.24) is 14.9 Å². The predicted molar refractivity (Wildman–Crippen MR) is 72.0 cm³/mol. The van der Waals surface area contributed by atoms with Crippen molar-refractivity contribution in [2.45, 2.75) is 31.8 Å². The molecular weight excluding hydrogens is 222 g/mol. The number of hydrogen-bond donors (Lipinski definition) is 1. The summed E-state index contributed by atoms with van der Waals surface area (Å²) in [5, 5.41) is 0. The molecule has 0 amide bonds. The number of rotatable bonds is 3. The molecule has 0 bridgehead atoms. The average Bonchev–Trinajstić information content (AvgIpc) is 2.93. The Morgan fingerprint density at radius 3 is 2.89 bits per heavy atom. The molecule has 1 N–H and O–H groups in total. The Hall–Kier alpha value is -1.61. The summed E-state index contributed by atoms with van der Waals surface area (Å²) in [6.45, 7) is 2.09. The smallest absolute Gasteiger partial charge is 0.120 e. The lowest BCUT2D eigenvalue weighted by Gasteiger charge is -2.35. The quantitative estimate of drug-likeness (QED) is 0.895. The second-order valence-electron chi connectivity index (χ2n) is 4.93. The van der Waals surface area contributed by atoms with E-state index >= 15 is 0 Å². The van der Waals surface area contributed by atoms with E-state index in [1.807, 2.05) is 12.4 Å². The Bertz CT molecular complexity index is 464. The van der Waals surface area contributed by atoms with Gasteiger partial charge < -0.3 is 4.98 Å². The molecule has 1 aromatic carbocycles. The second kappa shape index (κ2) is 5.36. The fourth-order valence-corrected chi connectivity index (χ4v) is 2.81. The van der Waals surface area contributed by atoms with E-state index in [4.69, 9.17) is 0 Å². The van der Waals surface area contributed by atoms with E-state index in [2.05, 4.69) is 45.2 Å². The molecule has 1 aliphatic rings. The molecule has 0 saturated carbocycles. The summed E-state index contributed by atoms with van der Waals surface area (Å²) in [7, 11) is 0. The van der Waals surface area contributed by atoms with E-state index < -0.39 is 0 Å². The van der Waals surface area contributed by atoms with E-state index in [9.17, 15) is 0 Å². The third kappa shape index (κ3) is 2.46. The van der Waals surface area contributed by atoms with Crippen molar-refractivity contribution in [3.8, 4) is 0 Å². The number of likely N-dealkylation sites (tertiary alicyclic amines) is 1. The lowest BCUT2D eigenvalue weighted by molar-refractivity contribution is 0.137. The Balaban J connectivity index is 1.78. The van der Waals surface area contributed by atoms with Gasteiger partial charge >= 0.3 is 0 Å². The minimum absolute atomic E-state index is 0.546. The van der Waals surface area contributed by atoms with Crippen molar-refractivity contribution in [3.05, 3.63) is 54.1 Å². The summed E-state index contributed by atoms with van der Waals surface area (Å²) in [5.74, 6) is 1.07. The van der Waals surface area contributed by atoms with Crippen LogP contribution in [0.3, 0.4) is 0 Å². The molecule has 1 unspecified atom stereocenters. The topological polar surface area (TPSA) is 31.9 Å². The maximum Gasteiger partial charge on any atom is 0.120 e. The molecule has 0 aliphatic carbocycles. The summed E-state index contributed by atoms with van der Waals surface area (Å²) >= 11 is 0. The molecule has 2 aromatic rings. The fourth-order valence-electron chi connectivity index (χ4n) is 2.81. The van der Waals surface area contributed by atoms with Crippen LogP contribution in [0.5, 0.6) is 0 Å². The fraction of sp³-hybridized carbons (Fsp3) is 0.400. The molecule has 3 nitrogen and oxygen atoms in total. The molecule has 1 saturated heterocycles. The average molecular weight is 241 g/mol. The van der Waals surface area contributed by atoms with Gasteiger partial charge in [0.15, 0.2) is 0 Å². The number of hydrogen-bond acceptors (Lipinski definition) is 2. The van der Waals surface area contributed by atoms with Crippen LogP contribution < -0.4 is 0 Å². The number of nitrogens with zero attached hydrogens (tertiary/aromatic N) is 2. The zero-order valence-corrected chi connectivity index (χ0v) is 10.5. The number of piperidine rings is 1. The van der Waals surface area contributed by atoms with Crippen LogP contribution in [-0.4, -0.2) is 21.4 Å². The monoisotopic (exact) mass is 241 g/mol. The highest BCUT2D eigenvalue weighted by atomic mass is 15.2. The minimum Gasteiger partial charge on any atom is -0.348 e. The summed E-state index contributed by atoms with van der Waals surface area (Å²) in [4.78, 5) is 10.1. The Kier molecular flexibility index (Phi) is 3.42. The standard InChI is InChI=1S/C15H19N3/c1-2-6-13(7-3-1)14-8-4-5-11-18(14)12-15-16-9-10-17-15/h1-3,6-7,9-10,14H,4-5,8,11-12H2,(H,16,17). The number of aromatic nitrogens is 2. The SMILES string of the molecule is c1ccc(C2CCCCN2Cc2ncc[nH]2)cc1. The summed E-state index contributed by atoms with van der Waals surface area (Å²) < 4.78 is 0. The molecule has 3 heteroatoms. The van der Waals surface area contributed by atoms with Gasteiger partial charge in [-0.15, -0.1) is 0 Å². The van der Waals surface area contributed by atoms with Crippen LogP contribution in [0, 0.1) is 0 Å². The minimum atomic E-state index is 0.546. The van der Waals surface area contributed by atoms with Crippen molar-refractivity contribution in [2.24, 2.45) is 0 Å². The molecule has 1 fully saturated rings. The highest BCUT2D eigenvalue weighted by molar-refractivity contribution is 5.19. The van der Waals surface area contributed by atoms with Crippen molar-refractivity contribution in [2.75, 3.05) is 6.54 Å². The van der Waals surface area contributed by atoms with Crippen molar-refractivity contribution in [3.63, 3.8) is 0 Å². The van der Waals surface area contributed by atoms with Crippen molar-refractivity contribution in [1.29, 1.82) is 0 Å². The van der Waals surface area contributed by atoms with E-state index in [1.165, 1.54) is 31.4 Å². The van der Waals surface area contributed by atoms with Crippen LogP contribution in [0.15, 0.2) is 42.7 Å². The van der Waals surface area contributed by atoms with Gasteiger partial charge in [-0.05, 0) is 24.9 Å². The van der Waals surface area contributed by atoms with Gasteiger partial charge in [-0.3, -0.25) is 4.90 Å².